The maximum absolute atomic E-state index is 6.79. The third-order valence-electron chi connectivity index (χ3n) is 7.43. The van der Waals surface area contributed by atoms with Gasteiger partial charge in [0.05, 0.1) is 0 Å². The zero-order chi connectivity index (χ0) is 23.9. The molecule has 0 atom stereocenters. The molecule has 1 heteroatoms. The zero-order valence-corrected chi connectivity index (χ0v) is 22.5. The molecular weight excluding hydrogens is 388 g/mol. The third kappa shape index (κ3) is 4.50. The van der Waals surface area contributed by atoms with Gasteiger partial charge in [-0.3, -0.25) is 0 Å². The summed E-state index contributed by atoms with van der Waals surface area (Å²) < 4.78 is 6.79. The van der Waals surface area contributed by atoms with Gasteiger partial charge in [0.25, 0.3) is 0 Å². The second-order valence-electron chi connectivity index (χ2n) is 12.2. The Morgan fingerprint density at radius 2 is 1.03 bits per heavy atom. The smallest absolute Gasteiger partial charge is 0.134 e. The molecule has 2 aromatic rings. The van der Waals surface area contributed by atoms with Crippen LogP contribution in [0.4, 0.5) is 0 Å². The highest BCUT2D eigenvalue weighted by Gasteiger charge is 2.43. The van der Waals surface area contributed by atoms with Gasteiger partial charge in [0.2, 0.25) is 0 Å². The van der Waals surface area contributed by atoms with Crippen molar-refractivity contribution in [3.05, 3.63) is 57.6 Å². The van der Waals surface area contributed by atoms with Crippen LogP contribution in [0.5, 0.6) is 11.5 Å². The lowest BCUT2D eigenvalue weighted by Gasteiger charge is -2.43. The number of ether oxygens (including phenoxy) is 1. The monoisotopic (exact) mass is 434 g/mol. The molecule has 1 aliphatic heterocycles. The van der Waals surface area contributed by atoms with E-state index in [1.54, 1.807) is 0 Å². The summed E-state index contributed by atoms with van der Waals surface area (Å²) in [5.74, 6) is 2.23. The fraction of sp³-hybridized carbons (Fsp3) is 0.613. The van der Waals surface area contributed by atoms with Gasteiger partial charge in [-0.15, -0.1) is 0 Å². The summed E-state index contributed by atoms with van der Waals surface area (Å²) in [7, 11) is 0. The van der Waals surface area contributed by atoms with Gasteiger partial charge in [0.15, 0.2) is 0 Å². The van der Waals surface area contributed by atoms with Gasteiger partial charge in [0.1, 0.15) is 11.5 Å². The molecule has 0 spiro atoms. The molecule has 0 radical (unpaired) electrons. The number of fused-ring (bicyclic) bond motifs is 2. The van der Waals surface area contributed by atoms with Gasteiger partial charge >= 0.3 is 0 Å². The van der Waals surface area contributed by atoms with Gasteiger partial charge in [-0.05, 0) is 59.8 Å². The first-order chi connectivity index (χ1) is 14.8. The molecule has 176 valence electrons. The van der Waals surface area contributed by atoms with Crippen LogP contribution in [0, 0.1) is 13.8 Å². The molecule has 1 heterocycles. The summed E-state index contributed by atoms with van der Waals surface area (Å²) in [5.41, 5.74) is 8.50. The molecule has 0 saturated heterocycles. The first kappa shape index (κ1) is 24.9. The van der Waals surface area contributed by atoms with E-state index in [9.17, 15) is 0 Å². The van der Waals surface area contributed by atoms with Gasteiger partial charge < -0.3 is 4.74 Å². The van der Waals surface area contributed by atoms with Gasteiger partial charge in [-0.25, -0.2) is 0 Å². The topological polar surface area (TPSA) is 9.23 Å². The number of benzene rings is 2. The van der Waals surface area contributed by atoms with Gasteiger partial charge in [-0.1, -0.05) is 105 Å². The minimum Gasteiger partial charge on any atom is -0.456 e. The Morgan fingerprint density at radius 3 is 1.34 bits per heavy atom. The SMILES string of the molecule is CCCCC1(CCCC)c2cc(C(C)(C)C)cc(C)c2Oc2c(C)cc(C(C)(C)C)cc21. The maximum atomic E-state index is 6.79. The lowest BCUT2D eigenvalue weighted by atomic mass is 9.64. The number of unbranched alkanes of at least 4 members (excludes halogenated alkanes) is 2. The van der Waals surface area contributed by atoms with Crippen LogP contribution in [0.1, 0.15) is 127 Å². The zero-order valence-electron chi connectivity index (χ0n) is 22.5. The highest BCUT2D eigenvalue weighted by atomic mass is 16.5. The lowest BCUT2D eigenvalue weighted by molar-refractivity contribution is 0.338. The van der Waals surface area contributed by atoms with E-state index >= 15 is 0 Å². The van der Waals surface area contributed by atoms with Gasteiger partial charge in [-0.2, -0.15) is 0 Å². The van der Waals surface area contributed by atoms with Crippen LogP contribution in [-0.2, 0) is 16.2 Å². The van der Waals surface area contributed by atoms with Crippen LogP contribution in [0.15, 0.2) is 24.3 Å². The van der Waals surface area contributed by atoms with E-state index in [2.05, 4.69) is 93.5 Å². The van der Waals surface area contributed by atoms with Crippen LogP contribution in [0.2, 0.25) is 0 Å². The normalized spacial score (nSPS) is 15.2. The number of hydrogen-bond acceptors (Lipinski definition) is 1. The predicted octanol–water partition coefficient (Wildman–Crippen LogP) is 9.67. The summed E-state index contributed by atoms with van der Waals surface area (Å²) in [6.07, 6.45) is 7.28. The van der Waals surface area contributed by atoms with Crippen molar-refractivity contribution in [1.82, 2.24) is 0 Å². The maximum Gasteiger partial charge on any atom is 0.134 e. The van der Waals surface area contributed by atoms with Crippen molar-refractivity contribution in [1.29, 1.82) is 0 Å². The molecule has 2 aromatic carbocycles. The van der Waals surface area contributed by atoms with Crippen LogP contribution in [-0.4, -0.2) is 0 Å². The highest BCUT2D eigenvalue weighted by Crippen LogP contribution is 2.56. The molecule has 0 N–H and O–H groups in total. The average molecular weight is 435 g/mol. The summed E-state index contributed by atoms with van der Waals surface area (Å²) >= 11 is 0. The summed E-state index contributed by atoms with van der Waals surface area (Å²) in [6.45, 7) is 23.1. The molecule has 0 aromatic heterocycles. The first-order valence-electron chi connectivity index (χ1n) is 12.8. The van der Waals surface area contributed by atoms with Crippen molar-refractivity contribution in [2.75, 3.05) is 0 Å². The van der Waals surface area contributed by atoms with Crippen molar-refractivity contribution in [2.45, 2.75) is 124 Å². The Labute approximate surface area is 198 Å². The van der Waals surface area contributed by atoms with Crippen molar-refractivity contribution >= 4 is 0 Å². The van der Waals surface area contributed by atoms with Crippen LogP contribution in [0.3, 0.4) is 0 Å². The molecule has 1 nitrogen and oxygen atoms in total. The Bertz CT molecular complexity index is 886. The Morgan fingerprint density at radius 1 is 0.656 bits per heavy atom. The Kier molecular flexibility index (Phi) is 6.90. The quantitative estimate of drug-likeness (QED) is 0.439. The Hall–Kier alpha value is -1.76. The van der Waals surface area contributed by atoms with Crippen LogP contribution in [0.25, 0.3) is 0 Å². The van der Waals surface area contributed by atoms with Crippen molar-refractivity contribution in [3.8, 4) is 11.5 Å². The molecule has 1 aliphatic rings. The molecule has 0 fully saturated rings. The molecular formula is C31H46O. The standard InChI is InChI=1S/C31H46O/c1-11-13-15-31(16-14-12-2)25-19-23(29(5,6)7)17-21(3)27(25)32-28-22(4)18-24(20-26(28)31)30(8,9)10/h17-20H,11-16H2,1-10H3. The minimum absolute atomic E-state index is 0.0208. The van der Waals surface area contributed by atoms with E-state index in [1.807, 2.05) is 0 Å². The van der Waals surface area contributed by atoms with E-state index < -0.39 is 0 Å². The second kappa shape index (κ2) is 8.88. The number of aryl methyl sites for hydroxylation is 2. The molecule has 0 saturated carbocycles. The second-order valence-corrected chi connectivity index (χ2v) is 12.2. The first-order valence-corrected chi connectivity index (χ1v) is 12.8. The molecule has 0 amide bonds. The van der Waals surface area contributed by atoms with Gasteiger partial charge in [0, 0.05) is 16.5 Å². The minimum atomic E-state index is 0.0208. The fourth-order valence-electron chi connectivity index (χ4n) is 5.26. The predicted molar refractivity (Wildman–Crippen MR) is 140 cm³/mol. The van der Waals surface area contributed by atoms with Crippen molar-refractivity contribution in [2.24, 2.45) is 0 Å². The van der Waals surface area contributed by atoms with Crippen LogP contribution < -0.4 is 4.74 Å². The average Bonchev–Trinajstić information content (AvgIpc) is 2.69. The highest BCUT2D eigenvalue weighted by molar-refractivity contribution is 5.64. The van der Waals surface area contributed by atoms with E-state index in [1.165, 1.54) is 71.9 Å². The van der Waals surface area contributed by atoms with Crippen molar-refractivity contribution in [3.63, 3.8) is 0 Å². The number of rotatable bonds is 6. The number of hydrogen-bond donors (Lipinski definition) is 0. The summed E-state index contributed by atoms with van der Waals surface area (Å²) in [5, 5.41) is 0. The summed E-state index contributed by atoms with van der Waals surface area (Å²) in [4.78, 5) is 0. The Balaban J connectivity index is 2.40. The van der Waals surface area contributed by atoms with Crippen LogP contribution >= 0.6 is 0 Å². The molecule has 3 rings (SSSR count). The largest absolute Gasteiger partial charge is 0.456 e. The summed E-state index contributed by atoms with van der Waals surface area (Å²) in [6, 6.07) is 9.70. The van der Waals surface area contributed by atoms with E-state index in [-0.39, 0.29) is 16.2 Å². The molecule has 32 heavy (non-hydrogen) atoms. The lowest BCUT2D eigenvalue weighted by Crippen LogP contribution is -2.33. The van der Waals surface area contributed by atoms with E-state index in [4.69, 9.17) is 4.74 Å². The third-order valence-corrected chi connectivity index (χ3v) is 7.43. The van der Waals surface area contributed by atoms with E-state index in [0.717, 1.165) is 11.5 Å². The van der Waals surface area contributed by atoms with Crippen molar-refractivity contribution < 1.29 is 4.74 Å². The molecule has 0 unspecified atom stereocenters. The fourth-order valence-corrected chi connectivity index (χ4v) is 5.26. The van der Waals surface area contributed by atoms with E-state index in [0.29, 0.717) is 0 Å². The molecule has 0 bridgehead atoms. The molecule has 0 aliphatic carbocycles.